The topological polar surface area (TPSA) is 38.3 Å². The van der Waals surface area contributed by atoms with Gasteiger partial charge >= 0.3 is 6.18 Å². The highest BCUT2D eigenvalue weighted by Gasteiger charge is 2.35. The number of halogens is 3. The molecule has 3 nitrogen and oxygen atoms in total. The lowest BCUT2D eigenvalue weighted by molar-refractivity contribution is -0.138. The van der Waals surface area contributed by atoms with Crippen LogP contribution in [0.25, 0.3) is 0 Å². The van der Waals surface area contributed by atoms with E-state index in [9.17, 15) is 18.0 Å². The first kappa shape index (κ1) is 19.6. The molecule has 1 amide bonds. The second-order valence-corrected chi connectivity index (χ2v) is 6.25. The van der Waals surface area contributed by atoms with Crippen molar-refractivity contribution >= 4 is 11.6 Å². The normalized spacial score (nSPS) is 11.7. The number of anilines is 1. The first-order valence-corrected chi connectivity index (χ1v) is 7.98. The van der Waals surface area contributed by atoms with Gasteiger partial charge in [-0.05, 0) is 37.6 Å². The molecule has 0 atom stereocenters. The number of rotatable bonds is 6. The van der Waals surface area contributed by atoms with Gasteiger partial charge in [-0.25, -0.2) is 0 Å². The third kappa shape index (κ3) is 4.45. The van der Waals surface area contributed by atoms with Crippen LogP contribution in [-0.4, -0.2) is 12.5 Å². The van der Waals surface area contributed by atoms with Crippen molar-refractivity contribution in [2.45, 2.75) is 25.4 Å². The Morgan fingerprint density at radius 2 is 1.81 bits per heavy atom. The lowest BCUT2D eigenvalue weighted by atomic mass is 9.83. The lowest BCUT2D eigenvalue weighted by Crippen LogP contribution is -2.34. The quantitative estimate of drug-likeness (QED) is 0.718. The van der Waals surface area contributed by atoms with E-state index < -0.39 is 23.1 Å². The molecule has 0 aliphatic heterocycles. The second kappa shape index (κ2) is 7.64. The van der Waals surface area contributed by atoms with E-state index in [2.05, 4.69) is 11.9 Å². The number of hydrogen-bond donors (Lipinski definition) is 1. The van der Waals surface area contributed by atoms with Crippen molar-refractivity contribution in [2.24, 2.45) is 0 Å². The molecular weight excluding hydrogens is 343 g/mol. The SMILES string of the molecule is C=CCOc1ccc(NC(=O)C(C)(C)c2ccccc2)cc1C(F)(F)F. The standard InChI is InChI=1S/C20H20F3NO2/c1-4-12-26-17-11-10-15(13-16(17)20(21,22)23)24-18(25)19(2,3)14-8-6-5-7-9-14/h4-11,13H,1,12H2,2-3H3,(H,24,25). The molecular formula is C20H20F3NO2. The van der Waals surface area contributed by atoms with E-state index in [-0.39, 0.29) is 18.0 Å². The molecule has 0 saturated heterocycles. The van der Waals surface area contributed by atoms with E-state index >= 15 is 0 Å². The summed E-state index contributed by atoms with van der Waals surface area (Å²) in [6, 6.07) is 12.5. The van der Waals surface area contributed by atoms with Crippen LogP contribution < -0.4 is 10.1 Å². The van der Waals surface area contributed by atoms with E-state index in [1.807, 2.05) is 6.07 Å². The van der Waals surface area contributed by atoms with Crippen molar-refractivity contribution < 1.29 is 22.7 Å². The lowest BCUT2D eigenvalue weighted by Gasteiger charge is -2.24. The zero-order chi connectivity index (χ0) is 19.4. The third-order valence-corrected chi connectivity index (χ3v) is 3.96. The largest absolute Gasteiger partial charge is 0.489 e. The van der Waals surface area contributed by atoms with Crippen LogP contribution in [0.1, 0.15) is 25.0 Å². The van der Waals surface area contributed by atoms with Crippen LogP contribution in [0.4, 0.5) is 18.9 Å². The van der Waals surface area contributed by atoms with Gasteiger partial charge in [0.1, 0.15) is 12.4 Å². The maximum absolute atomic E-state index is 13.3. The number of carbonyl (C=O) groups is 1. The monoisotopic (exact) mass is 363 g/mol. The Balaban J connectivity index is 2.29. The van der Waals surface area contributed by atoms with Gasteiger partial charge in [0.2, 0.25) is 5.91 Å². The zero-order valence-corrected chi connectivity index (χ0v) is 14.6. The molecule has 0 fully saturated rings. The van der Waals surface area contributed by atoms with E-state index in [1.54, 1.807) is 38.1 Å². The Bertz CT molecular complexity index is 783. The van der Waals surface area contributed by atoms with Crippen LogP contribution in [0.15, 0.2) is 61.2 Å². The van der Waals surface area contributed by atoms with Gasteiger partial charge < -0.3 is 10.1 Å². The van der Waals surface area contributed by atoms with Gasteiger partial charge in [0.25, 0.3) is 0 Å². The molecule has 138 valence electrons. The molecule has 2 aromatic carbocycles. The Labute approximate surface area is 150 Å². The van der Waals surface area contributed by atoms with Crippen LogP contribution in [-0.2, 0) is 16.4 Å². The van der Waals surface area contributed by atoms with Gasteiger partial charge in [0.15, 0.2) is 0 Å². The molecule has 0 heterocycles. The van der Waals surface area contributed by atoms with Crippen LogP contribution in [0.2, 0.25) is 0 Å². The Kier molecular flexibility index (Phi) is 5.75. The van der Waals surface area contributed by atoms with Crippen molar-refractivity contribution in [1.82, 2.24) is 0 Å². The highest BCUT2D eigenvalue weighted by Crippen LogP contribution is 2.38. The average Bonchev–Trinajstić information content (AvgIpc) is 2.60. The first-order chi connectivity index (χ1) is 12.2. The highest BCUT2D eigenvalue weighted by atomic mass is 19.4. The van der Waals surface area contributed by atoms with Gasteiger partial charge in [-0.3, -0.25) is 4.79 Å². The predicted octanol–water partition coefficient (Wildman–Crippen LogP) is 5.19. The Morgan fingerprint density at radius 3 is 2.38 bits per heavy atom. The summed E-state index contributed by atoms with van der Waals surface area (Å²) in [5.41, 5.74) is -1.04. The van der Waals surface area contributed by atoms with E-state index in [0.717, 1.165) is 11.6 Å². The van der Waals surface area contributed by atoms with Gasteiger partial charge in [0.05, 0.1) is 11.0 Å². The van der Waals surface area contributed by atoms with Crippen molar-refractivity contribution in [3.05, 3.63) is 72.3 Å². The van der Waals surface area contributed by atoms with Crippen molar-refractivity contribution in [3.8, 4) is 5.75 Å². The molecule has 0 unspecified atom stereocenters. The van der Waals surface area contributed by atoms with E-state index in [0.29, 0.717) is 0 Å². The molecule has 0 bridgehead atoms. The first-order valence-electron chi connectivity index (χ1n) is 7.98. The van der Waals surface area contributed by atoms with Gasteiger partial charge in [-0.15, -0.1) is 0 Å². The number of amides is 1. The molecule has 1 N–H and O–H groups in total. The van der Waals surface area contributed by atoms with E-state index in [4.69, 9.17) is 4.74 Å². The molecule has 0 aliphatic carbocycles. The summed E-state index contributed by atoms with van der Waals surface area (Å²) in [7, 11) is 0. The fraction of sp³-hybridized carbons (Fsp3) is 0.250. The molecule has 0 radical (unpaired) electrons. The van der Waals surface area contributed by atoms with Crippen LogP contribution in [0.3, 0.4) is 0 Å². The minimum absolute atomic E-state index is 0.0458. The average molecular weight is 363 g/mol. The van der Waals surface area contributed by atoms with Gasteiger partial charge in [-0.2, -0.15) is 13.2 Å². The fourth-order valence-electron chi connectivity index (χ4n) is 2.38. The van der Waals surface area contributed by atoms with Gasteiger partial charge in [0, 0.05) is 5.69 Å². The van der Waals surface area contributed by atoms with Crippen molar-refractivity contribution in [3.63, 3.8) is 0 Å². The molecule has 0 aromatic heterocycles. The minimum atomic E-state index is -4.60. The summed E-state index contributed by atoms with van der Waals surface area (Å²) in [5.74, 6) is -0.714. The third-order valence-electron chi connectivity index (χ3n) is 3.96. The summed E-state index contributed by atoms with van der Waals surface area (Å²) >= 11 is 0. The molecule has 0 saturated carbocycles. The number of alkyl halides is 3. The van der Waals surface area contributed by atoms with E-state index in [1.165, 1.54) is 18.2 Å². The predicted molar refractivity (Wildman–Crippen MR) is 95.2 cm³/mol. The fourth-order valence-corrected chi connectivity index (χ4v) is 2.38. The summed E-state index contributed by atoms with van der Waals surface area (Å²) < 4.78 is 44.9. The summed E-state index contributed by atoms with van der Waals surface area (Å²) in [6.07, 6.45) is -3.25. The molecule has 6 heteroatoms. The molecule has 0 aliphatic rings. The van der Waals surface area contributed by atoms with Crippen LogP contribution in [0, 0.1) is 0 Å². The highest BCUT2D eigenvalue weighted by molar-refractivity contribution is 5.98. The Hall–Kier alpha value is -2.76. The summed E-state index contributed by atoms with van der Waals surface area (Å²) in [4.78, 5) is 12.6. The number of nitrogens with one attached hydrogen (secondary N) is 1. The maximum Gasteiger partial charge on any atom is 0.420 e. The number of ether oxygens (including phenoxy) is 1. The Morgan fingerprint density at radius 1 is 1.15 bits per heavy atom. The molecule has 2 rings (SSSR count). The molecule has 2 aromatic rings. The zero-order valence-electron chi connectivity index (χ0n) is 14.6. The summed E-state index contributed by atoms with van der Waals surface area (Å²) in [5, 5.41) is 2.56. The number of benzene rings is 2. The second-order valence-electron chi connectivity index (χ2n) is 6.25. The smallest absolute Gasteiger partial charge is 0.420 e. The summed E-state index contributed by atoms with van der Waals surface area (Å²) in [6.45, 7) is 6.80. The number of hydrogen-bond acceptors (Lipinski definition) is 2. The molecule has 26 heavy (non-hydrogen) atoms. The number of carbonyl (C=O) groups excluding carboxylic acids is 1. The van der Waals surface area contributed by atoms with Crippen molar-refractivity contribution in [1.29, 1.82) is 0 Å². The minimum Gasteiger partial charge on any atom is -0.489 e. The van der Waals surface area contributed by atoms with Gasteiger partial charge in [-0.1, -0.05) is 43.0 Å². The van der Waals surface area contributed by atoms with Crippen LogP contribution in [0.5, 0.6) is 5.75 Å². The molecule has 0 spiro atoms. The van der Waals surface area contributed by atoms with Crippen molar-refractivity contribution in [2.75, 3.05) is 11.9 Å². The maximum atomic E-state index is 13.3. The van der Waals surface area contributed by atoms with Crippen LogP contribution >= 0.6 is 0 Å².